The molecule has 3 aliphatic rings. The minimum Gasteiger partial charge on any atom is -0.508 e. The van der Waals surface area contributed by atoms with Crippen LogP contribution in [0.4, 0.5) is 5.69 Å². The van der Waals surface area contributed by atoms with Gasteiger partial charge in [-0.3, -0.25) is 14.4 Å². The maximum Gasteiger partial charge on any atom is 0.230 e. The van der Waals surface area contributed by atoms with Crippen LogP contribution < -0.4 is 15.4 Å². The molecule has 1 amide bonds. The van der Waals surface area contributed by atoms with E-state index in [-0.39, 0.29) is 36.1 Å². The Morgan fingerprint density at radius 2 is 1.90 bits per heavy atom. The number of ether oxygens (including phenoxy) is 1. The number of aromatic hydroxyl groups is 1. The van der Waals surface area contributed by atoms with Gasteiger partial charge < -0.3 is 35.8 Å². The third-order valence-electron chi connectivity index (χ3n) is 8.30. The van der Waals surface area contributed by atoms with Gasteiger partial charge >= 0.3 is 0 Å². The molecule has 0 bridgehead atoms. The second-order valence-corrected chi connectivity index (χ2v) is 10.7. The van der Waals surface area contributed by atoms with Gasteiger partial charge in [0.15, 0.2) is 17.2 Å². The number of fused-ring (bicyclic) bond motifs is 3. The molecule has 0 aliphatic heterocycles. The molecule has 0 radical (unpaired) electrons. The Morgan fingerprint density at radius 3 is 2.54 bits per heavy atom. The first kappa shape index (κ1) is 26.7. The quantitative estimate of drug-likeness (QED) is 0.358. The summed E-state index contributed by atoms with van der Waals surface area (Å²) in [6.07, 6.45) is -1.19. The van der Waals surface area contributed by atoms with Gasteiger partial charge in [-0.05, 0) is 61.4 Å². The lowest BCUT2D eigenvalue weighted by atomic mass is 9.57. The second kappa shape index (κ2) is 9.39. The van der Waals surface area contributed by atoms with Crippen LogP contribution in [0.25, 0.3) is 11.1 Å². The molecule has 0 heterocycles. The van der Waals surface area contributed by atoms with Crippen molar-refractivity contribution in [3.63, 3.8) is 0 Å². The molecule has 5 rings (SSSR count). The number of aliphatic hydroxyl groups excluding tert-OH is 2. The third kappa shape index (κ3) is 3.89. The van der Waals surface area contributed by atoms with Gasteiger partial charge in [0.1, 0.15) is 23.2 Å². The van der Waals surface area contributed by atoms with Gasteiger partial charge in [0, 0.05) is 36.8 Å². The van der Waals surface area contributed by atoms with E-state index in [9.17, 15) is 34.8 Å². The molecule has 6 N–H and O–H groups in total. The van der Waals surface area contributed by atoms with Crippen molar-refractivity contribution in [3.8, 4) is 22.6 Å². The van der Waals surface area contributed by atoms with Crippen molar-refractivity contribution < 1.29 is 39.5 Å². The van der Waals surface area contributed by atoms with E-state index in [0.717, 1.165) is 0 Å². The highest BCUT2D eigenvalue weighted by Crippen LogP contribution is 2.53. The van der Waals surface area contributed by atoms with Crippen molar-refractivity contribution in [2.75, 3.05) is 25.6 Å². The summed E-state index contributed by atoms with van der Waals surface area (Å²) in [7, 11) is 3.64. The summed E-state index contributed by atoms with van der Waals surface area (Å²) in [5, 5.41) is 44.7. The van der Waals surface area contributed by atoms with Crippen LogP contribution in [-0.4, -0.2) is 70.3 Å². The molecule has 0 spiro atoms. The molecule has 0 aromatic heterocycles. The molecule has 1 fully saturated rings. The lowest BCUT2D eigenvalue weighted by molar-refractivity contribution is -0.167. The van der Waals surface area contributed by atoms with Crippen LogP contribution in [0.2, 0.25) is 0 Å². The number of allylic oxidation sites excluding steroid dienone is 1. The number of phenolic OH excluding ortho intramolecular Hbond substituents is 1. The SMILES string of the molecule is CCOc1cccc(-c2cc(N(C)C)c3c(c2O)C(=O)C2=C(O)[C@]4(O)C(=O)C(C(N)=O)C(O)C[C@@H]4C[C@@H]2C3)c1. The molecular formula is C29H32N2O8. The van der Waals surface area contributed by atoms with Crippen molar-refractivity contribution >= 4 is 23.2 Å². The van der Waals surface area contributed by atoms with Crippen LogP contribution in [0, 0.1) is 17.8 Å². The summed E-state index contributed by atoms with van der Waals surface area (Å²) in [5.74, 6) is -6.70. The summed E-state index contributed by atoms with van der Waals surface area (Å²) in [4.78, 5) is 41.0. The minimum atomic E-state index is -2.54. The van der Waals surface area contributed by atoms with E-state index >= 15 is 0 Å². The first-order valence-electron chi connectivity index (χ1n) is 12.9. The summed E-state index contributed by atoms with van der Waals surface area (Å²) < 4.78 is 5.60. The van der Waals surface area contributed by atoms with Gasteiger partial charge in [-0.1, -0.05) is 12.1 Å². The number of nitrogens with two attached hydrogens (primary N) is 1. The van der Waals surface area contributed by atoms with Gasteiger partial charge in [-0.2, -0.15) is 0 Å². The topological polar surface area (TPSA) is 171 Å². The van der Waals surface area contributed by atoms with Gasteiger partial charge in [0.05, 0.1) is 18.3 Å². The first-order chi connectivity index (χ1) is 18.4. The summed E-state index contributed by atoms with van der Waals surface area (Å²) in [6.45, 7) is 2.31. The van der Waals surface area contributed by atoms with E-state index in [1.54, 1.807) is 30.3 Å². The number of ketones is 2. The lowest BCUT2D eigenvalue weighted by Gasteiger charge is -2.48. The normalized spacial score (nSPS) is 27.9. The Kier molecular flexibility index (Phi) is 6.43. The summed E-state index contributed by atoms with van der Waals surface area (Å²) >= 11 is 0. The zero-order chi connectivity index (χ0) is 28.4. The highest BCUT2D eigenvalue weighted by atomic mass is 16.5. The molecule has 0 saturated heterocycles. The average Bonchev–Trinajstić information content (AvgIpc) is 2.86. The largest absolute Gasteiger partial charge is 0.508 e. The van der Waals surface area contributed by atoms with Crippen molar-refractivity contribution in [2.24, 2.45) is 23.5 Å². The molecule has 206 valence electrons. The van der Waals surface area contributed by atoms with Crippen molar-refractivity contribution in [1.29, 1.82) is 0 Å². The second-order valence-electron chi connectivity index (χ2n) is 10.7. The van der Waals surface area contributed by atoms with Crippen LogP contribution >= 0.6 is 0 Å². The van der Waals surface area contributed by atoms with Crippen molar-refractivity contribution in [1.82, 2.24) is 0 Å². The Morgan fingerprint density at radius 1 is 1.18 bits per heavy atom. The number of anilines is 1. The smallest absolute Gasteiger partial charge is 0.230 e. The number of carbonyl (C=O) groups is 3. The van der Waals surface area contributed by atoms with Gasteiger partial charge in [-0.15, -0.1) is 0 Å². The highest BCUT2D eigenvalue weighted by Gasteiger charge is 2.62. The number of benzene rings is 2. The monoisotopic (exact) mass is 536 g/mol. The van der Waals surface area contributed by atoms with Gasteiger partial charge in [0.25, 0.3) is 0 Å². The van der Waals surface area contributed by atoms with Crippen LogP contribution in [0.1, 0.15) is 35.7 Å². The van der Waals surface area contributed by atoms with E-state index in [2.05, 4.69) is 0 Å². The predicted molar refractivity (Wildman–Crippen MR) is 142 cm³/mol. The predicted octanol–water partition coefficient (Wildman–Crippen LogP) is 1.88. The van der Waals surface area contributed by atoms with Crippen molar-refractivity contribution in [2.45, 2.75) is 37.9 Å². The van der Waals surface area contributed by atoms with E-state index in [1.165, 1.54) is 0 Å². The zero-order valence-electron chi connectivity index (χ0n) is 22.0. The Bertz CT molecular complexity index is 1430. The molecule has 10 heteroatoms. The maximum atomic E-state index is 14.0. The van der Waals surface area contributed by atoms with Crippen LogP contribution in [-0.2, 0) is 16.0 Å². The number of hydrogen-bond donors (Lipinski definition) is 5. The molecule has 1 saturated carbocycles. The number of phenols is 1. The standard InChI is InChI=1S/C29H32N2O8/c1-4-39-16-7-5-6-13(9-16)17-12-19(31(2)3)18-10-14-8-15-11-20(32)23(28(30)37)27(36)29(15,38)26(35)21(14)25(34)22(18)24(17)33/h5-7,9,12,14-15,20,23,32-33,35,38H,4,8,10-11H2,1-3H3,(H2,30,37)/t14-,15+,20?,23?,29+/m1/s1. The van der Waals surface area contributed by atoms with E-state index in [4.69, 9.17) is 10.5 Å². The van der Waals surface area contributed by atoms with Crippen LogP contribution in [0.15, 0.2) is 41.7 Å². The number of hydrogen-bond acceptors (Lipinski definition) is 9. The molecule has 2 aromatic rings. The Balaban J connectivity index is 1.69. The van der Waals surface area contributed by atoms with Crippen LogP contribution in [0.5, 0.6) is 11.5 Å². The highest BCUT2D eigenvalue weighted by molar-refractivity contribution is 6.17. The molecule has 3 aliphatic carbocycles. The fraction of sp³-hybridized carbons (Fsp3) is 0.414. The number of rotatable bonds is 5. The number of Topliss-reactive ketones (excluding diaryl/α,β-unsaturated/α-hetero) is 2. The number of nitrogens with zero attached hydrogens (tertiary/aromatic N) is 1. The molecule has 2 unspecified atom stereocenters. The Labute approximate surface area is 225 Å². The maximum absolute atomic E-state index is 14.0. The number of primary amides is 1. The number of carbonyl (C=O) groups excluding carboxylic acids is 3. The first-order valence-corrected chi connectivity index (χ1v) is 12.9. The lowest BCUT2D eigenvalue weighted by Crippen LogP contribution is -2.63. The summed E-state index contributed by atoms with van der Waals surface area (Å²) in [6, 6.07) is 8.88. The fourth-order valence-corrected chi connectivity index (χ4v) is 6.51. The average molecular weight is 537 g/mol. The molecule has 10 nitrogen and oxygen atoms in total. The van der Waals surface area contributed by atoms with Crippen LogP contribution in [0.3, 0.4) is 0 Å². The van der Waals surface area contributed by atoms with Gasteiger partial charge in [-0.25, -0.2) is 0 Å². The molecular weight excluding hydrogens is 504 g/mol. The number of amides is 1. The van der Waals surface area contributed by atoms with Gasteiger partial charge in [0.2, 0.25) is 5.91 Å². The molecule has 2 aromatic carbocycles. The number of aliphatic hydroxyl groups is 3. The van der Waals surface area contributed by atoms with E-state index in [1.807, 2.05) is 25.9 Å². The van der Waals surface area contributed by atoms with Crippen molar-refractivity contribution in [3.05, 3.63) is 52.8 Å². The van der Waals surface area contributed by atoms with E-state index in [0.29, 0.717) is 34.7 Å². The molecule has 39 heavy (non-hydrogen) atoms. The summed E-state index contributed by atoms with van der Waals surface area (Å²) in [5.41, 5.74) is 4.85. The Hall–Kier alpha value is -3.89. The third-order valence-corrected chi connectivity index (χ3v) is 8.30. The zero-order valence-corrected chi connectivity index (χ0v) is 22.0. The minimum absolute atomic E-state index is 0.0207. The molecule has 5 atom stereocenters. The van der Waals surface area contributed by atoms with E-state index < -0.39 is 52.7 Å². The fourth-order valence-electron chi connectivity index (χ4n) is 6.51.